The lowest BCUT2D eigenvalue weighted by Crippen LogP contribution is -2.38. The fourth-order valence-electron chi connectivity index (χ4n) is 2.24. The van der Waals surface area contributed by atoms with Crippen molar-refractivity contribution in [2.75, 3.05) is 18.4 Å². The molecule has 0 unspecified atom stereocenters. The van der Waals surface area contributed by atoms with E-state index < -0.39 is 23.6 Å². The molecule has 0 aliphatic carbocycles. The van der Waals surface area contributed by atoms with E-state index in [0.29, 0.717) is 5.56 Å². The average molecular weight is 354 g/mol. The number of carbonyl (C=O) groups is 2. The van der Waals surface area contributed by atoms with Crippen LogP contribution in [0.5, 0.6) is 0 Å². The summed E-state index contributed by atoms with van der Waals surface area (Å²) in [5.74, 6) is -1.13. The number of aromatic nitrogens is 2. The van der Waals surface area contributed by atoms with Crippen LogP contribution in [0.3, 0.4) is 0 Å². The van der Waals surface area contributed by atoms with Crippen molar-refractivity contribution in [3.8, 4) is 0 Å². The van der Waals surface area contributed by atoms with E-state index in [4.69, 9.17) is 0 Å². The number of para-hydroxylation sites is 1. The van der Waals surface area contributed by atoms with E-state index >= 15 is 0 Å². The molecule has 25 heavy (non-hydrogen) atoms. The summed E-state index contributed by atoms with van der Waals surface area (Å²) < 4.78 is 40.3. The second-order valence-corrected chi connectivity index (χ2v) is 5.31. The van der Waals surface area contributed by atoms with Crippen LogP contribution in [0.15, 0.2) is 36.7 Å². The van der Waals surface area contributed by atoms with Gasteiger partial charge >= 0.3 is 6.18 Å². The van der Waals surface area contributed by atoms with Crippen LogP contribution in [0.4, 0.5) is 18.9 Å². The number of benzene rings is 1. The van der Waals surface area contributed by atoms with Crippen LogP contribution in [0.1, 0.15) is 22.8 Å². The van der Waals surface area contributed by atoms with Gasteiger partial charge in [0.1, 0.15) is 6.54 Å². The Morgan fingerprint density at radius 2 is 1.96 bits per heavy atom. The molecule has 0 atom stereocenters. The van der Waals surface area contributed by atoms with Gasteiger partial charge in [-0.25, -0.2) is 0 Å². The van der Waals surface area contributed by atoms with Crippen LogP contribution in [-0.4, -0.2) is 39.6 Å². The van der Waals surface area contributed by atoms with E-state index in [1.54, 1.807) is 14.0 Å². The Morgan fingerprint density at radius 1 is 1.28 bits per heavy atom. The van der Waals surface area contributed by atoms with E-state index in [-0.39, 0.29) is 18.8 Å². The molecule has 1 aromatic carbocycles. The highest BCUT2D eigenvalue weighted by Gasteiger charge is 2.33. The van der Waals surface area contributed by atoms with E-state index in [0.717, 1.165) is 6.07 Å². The third-order valence-corrected chi connectivity index (χ3v) is 3.46. The lowest BCUT2D eigenvalue weighted by atomic mass is 10.1. The second-order valence-electron chi connectivity index (χ2n) is 5.31. The average Bonchev–Trinajstić information content (AvgIpc) is 2.98. The van der Waals surface area contributed by atoms with Crippen molar-refractivity contribution in [2.45, 2.75) is 13.1 Å². The maximum atomic E-state index is 13.0. The van der Waals surface area contributed by atoms with Crippen LogP contribution in [0, 0.1) is 0 Å². The SMILES string of the molecule is CCN(CC(=O)Nc1ccccc1C(F)(F)F)C(=O)c1cnn(C)c1. The standard InChI is InChI=1S/C16H17F3N4O2/c1-3-23(15(25)11-8-20-22(2)9-11)10-14(24)21-13-7-5-4-6-12(13)16(17,18)19/h4-9H,3,10H2,1-2H3,(H,21,24). The molecule has 0 fully saturated rings. The van der Waals surface area contributed by atoms with Gasteiger partial charge in [0.25, 0.3) is 5.91 Å². The maximum Gasteiger partial charge on any atom is 0.418 e. The maximum absolute atomic E-state index is 13.0. The Balaban J connectivity index is 2.10. The monoisotopic (exact) mass is 354 g/mol. The summed E-state index contributed by atoms with van der Waals surface area (Å²) in [5, 5.41) is 6.10. The molecule has 9 heteroatoms. The van der Waals surface area contributed by atoms with E-state index in [2.05, 4.69) is 10.4 Å². The number of hydrogen-bond acceptors (Lipinski definition) is 3. The number of aryl methyl sites for hydroxylation is 1. The first-order chi connectivity index (χ1) is 11.7. The van der Waals surface area contributed by atoms with Gasteiger partial charge in [-0.3, -0.25) is 14.3 Å². The van der Waals surface area contributed by atoms with Gasteiger partial charge in [-0.1, -0.05) is 12.1 Å². The van der Waals surface area contributed by atoms with Crippen LogP contribution in [0.2, 0.25) is 0 Å². The van der Waals surface area contributed by atoms with Crippen LogP contribution < -0.4 is 5.32 Å². The van der Waals surface area contributed by atoms with Crippen LogP contribution in [0.25, 0.3) is 0 Å². The van der Waals surface area contributed by atoms with Gasteiger partial charge in [0.05, 0.1) is 23.0 Å². The van der Waals surface area contributed by atoms with Gasteiger partial charge in [-0.15, -0.1) is 0 Å². The Kier molecular flexibility index (Phi) is 5.45. The number of hydrogen-bond donors (Lipinski definition) is 1. The minimum absolute atomic E-state index is 0.224. The molecule has 0 radical (unpaired) electrons. The minimum atomic E-state index is -4.58. The first-order valence-corrected chi connectivity index (χ1v) is 7.46. The van der Waals surface area contributed by atoms with Crippen molar-refractivity contribution in [1.82, 2.24) is 14.7 Å². The topological polar surface area (TPSA) is 67.2 Å². The predicted molar refractivity (Wildman–Crippen MR) is 84.9 cm³/mol. The van der Waals surface area contributed by atoms with Crippen molar-refractivity contribution < 1.29 is 22.8 Å². The Hall–Kier alpha value is -2.84. The highest BCUT2D eigenvalue weighted by molar-refractivity contribution is 5.99. The summed E-state index contributed by atoms with van der Waals surface area (Å²) in [7, 11) is 1.65. The fraction of sp³-hybridized carbons (Fsp3) is 0.312. The lowest BCUT2D eigenvalue weighted by molar-refractivity contribution is -0.137. The first-order valence-electron chi connectivity index (χ1n) is 7.46. The zero-order chi connectivity index (χ0) is 18.6. The highest BCUT2D eigenvalue weighted by Crippen LogP contribution is 2.34. The summed E-state index contributed by atoms with van der Waals surface area (Å²) in [6.07, 6.45) is -1.72. The largest absolute Gasteiger partial charge is 0.418 e. The number of nitrogens with zero attached hydrogens (tertiary/aromatic N) is 3. The molecule has 0 aliphatic rings. The quantitative estimate of drug-likeness (QED) is 0.897. The third kappa shape index (κ3) is 4.59. The molecule has 2 aromatic rings. The number of alkyl halides is 3. The molecule has 134 valence electrons. The normalized spacial score (nSPS) is 11.2. The van der Waals surface area contributed by atoms with Gasteiger partial charge in [0, 0.05) is 19.8 Å². The molecule has 2 rings (SSSR count). The Morgan fingerprint density at radius 3 is 2.52 bits per heavy atom. The van der Waals surface area contributed by atoms with Crippen molar-refractivity contribution in [1.29, 1.82) is 0 Å². The summed E-state index contributed by atoms with van der Waals surface area (Å²) in [6.45, 7) is 1.53. The van der Waals surface area contributed by atoms with Crippen molar-refractivity contribution in [3.05, 3.63) is 47.8 Å². The van der Waals surface area contributed by atoms with Gasteiger partial charge in [0.15, 0.2) is 0 Å². The third-order valence-electron chi connectivity index (χ3n) is 3.46. The number of nitrogens with one attached hydrogen (secondary N) is 1. The van der Waals surface area contributed by atoms with Crippen LogP contribution in [-0.2, 0) is 18.0 Å². The zero-order valence-electron chi connectivity index (χ0n) is 13.7. The molecule has 0 saturated heterocycles. The number of carbonyl (C=O) groups excluding carboxylic acids is 2. The van der Waals surface area contributed by atoms with E-state index in [1.165, 1.54) is 40.2 Å². The molecule has 0 bridgehead atoms. The smallest absolute Gasteiger partial charge is 0.330 e. The second kappa shape index (κ2) is 7.37. The minimum Gasteiger partial charge on any atom is -0.330 e. The molecule has 0 saturated carbocycles. The summed E-state index contributed by atoms with van der Waals surface area (Å²) in [4.78, 5) is 25.6. The first kappa shape index (κ1) is 18.5. The van der Waals surface area contributed by atoms with Crippen molar-refractivity contribution in [3.63, 3.8) is 0 Å². The van der Waals surface area contributed by atoms with Gasteiger partial charge in [-0.2, -0.15) is 18.3 Å². The molecule has 1 N–H and O–H groups in total. The molecule has 0 spiro atoms. The Bertz CT molecular complexity index is 771. The Labute approximate surface area is 142 Å². The molecule has 1 heterocycles. The van der Waals surface area contributed by atoms with Gasteiger partial charge < -0.3 is 10.2 Å². The number of amides is 2. The van der Waals surface area contributed by atoms with Crippen molar-refractivity contribution in [2.24, 2.45) is 7.05 Å². The number of likely N-dealkylation sites (N-methyl/N-ethyl adjacent to an activating group) is 1. The fourth-order valence-corrected chi connectivity index (χ4v) is 2.24. The van der Waals surface area contributed by atoms with E-state index in [9.17, 15) is 22.8 Å². The zero-order valence-corrected chi connectivity index (χ0v) is 13.7. The number of anilines is 1. The predicted octanol–water partition coefficient (Wildman–Crippen LogP) is 2.54. The van der Waals surface area contributed by atoms with Gasteiger partial charge in [0.2, 0.25) is 5.91 Å². The van der Waals surface area contributed by atoms with Crippen LogP contribution >= 0.6 is 0 Å². The molecule has 2 amide bonds. The van der Waals surface area contributed by atoms with E-state index in [1.807, 2.05) is 0 Å². The number of rotatable bonds is 5. The molecule has 1 aromatic heterocycles. The summed E-state index contributed by atoms with van der Waals surface area (Å²) >= 11 is 0. The molecular weight excluding hydrogens is 337 g/mol. The number of halogens is 3. The molecule has 6 nitrogen and oxygen atoms in total. The van der Waals surface area contributed by atoms with Crippen molar-refractivity contribution >= 4 is 17.5 Å². The summed E-state index contributed by atoms with van der Waals surface area (Å²) in [5.41, 5.74) is -0.984. The highest BCUT2D eigenvalue weighted by atomic mass is 19.4. The summed E-state index contributed by atoms with van der Waals surface area (Å²) in [6, 6.07) is 4.68. The van der Waals surface area contributed by atoms with Gasteiger partial charge in [-0.05, 0) is 19.1 Å². The molecular formula is C16H17F3N4O2. The molecule has 0 aliphatic heterocycles. The lowest BCUT2D eigenvalue weighted by Gasteiger charge is -2.20.